The summed E-state index contributed by atoms with van der Waals surface area (Å²) in [4.78, 5) is 26.1. The molecule has 10 heteroatoms. The van der Waals surface area contributed by atoms with Crippen LogP contribution in [0.4, 0.5) is 29.5 Å². The highest BCUT2D eigenvalue weighted by atomic mass is 35.5. The molecule has 1 atom stereocenters. The van der Waals surface area contributed by atoms with Crippen molar-refractivity contribution in [3.8, 4) is 0 Å². The van der Waals surface area contributed by atoms with E-state index in [0.717, 1.165) is 56.2 Å². The molecule has 2 aromatic carbocycles. The molecular weight excluding hydrogens is 515 g/mol. The fourth-order valence-electron chi connectivity index (χ4n) is 5.07. The van der Waals surface area contributed by atoms with Crippen molar-refractivity contribution in [3.63, 3.8) is 0 Å². The second kappa shape index (κ2) is 10.8. The molecule has 1 aromatic heterocycles. The number of urea groups is 1. The van der Waals surface area contributed by atoms with E-state index in [0.29, 0.717) is 22.8 Å². The summed E-state index contributed by atoms with van der Waals surface area (Å²) in [7, 11) is 0. The number of amides is 2. The van der Waals surface area contributed by atoms with Crippen molar-refractivity contribution >= 4 is 29.1 Å². The normalized spacial score (nSPS) is 18.9. The van der Waals surface area contributed by atoms with Crippen molar-refractivity contribution < 1.29 is 18.0 Å². The summed E-state index contributed by atoms with van der Waals surface area (Å²) < 4.78 is 40.3. The highest BCUT2D eigenvalue weighted by Gasteiger charge is 2.40. The standard InChI is InChI=1S/C28H29ClF3N5O/c1-2-34-12-14-35(15-13-34)26-11-6-20(17-33-26)18-36-19-25(21-4-3-5-22(16-21)28(30,31)32)37(27(36)38)24-9-7-23(29)8-10-24/h3-11,16-17,25H,2,12-15,18-19H2,1H3. The van der Waals surface area contributed by atoms with E-state index >= 15 is 0 Å². The minimum absolute atomic E-state index is 0.240. The lowest BCUT2D eigenvalue weighted by Crippen LogP contribution is -2.46. The van der Waals surface area contributed by atoms with Crippen LogP contribution in [0.5, 0.6) is 0 Å². The van der Waals surface area contributed by atoms with Gasteiger partial charge in [-0.25, -0.2) is 9.78 Å². The maximum atomic E-state index is 13.6. The van der Waals surface area contributed by atoms with Gasteiger partial charge >= 0.3 is 12.2 Å². The predicted molar refractivity (Wildman–Crippen MR) is 142 cm³/mol. The number of alkyl halides is 3. The number of piperazine rings is 1. The van der Waals surface area contributed by atoms with Crippen LogP contribution in [0.1, 0.15) is 29.7 Å². The third-order valence-electron chi connectivity index (χ3n) is 7.21. The van der Waals surface area contributed by atoms with Crippen molar-refractivity contribution in [2.24, 2.45) is 0 Å². The lowest BCUT2D eigenvalue weighted by atomic mass is 10.0. The Morgan fingerprint density at radius 2 is 1.74 bits per heavy atom. The zero-order valence-corrected chi connectivity index (χ0v) is 21.8. The molecule has 3 aromatic rings. The predicted octanol–water partition coefficient (Wildman–Crippen LogP) is 6.08. The summed E-state index contributed by atoms with van der Waals surface area (Å²) >= 11 is 6.05. The maximum Gasteiger partial charge on any atom is 0.416 e. The van der Waals surface area contributed by atoms with Gasteiger partial charge in [0, 0.05) is 56.2 Å². The van der Waals surface area contributed by atoms with Crippen molar-refractivity contribution in [2.45, 2.75) is 25.7 Å². The third-order valence-corrected chi connectivity index (χ3v) is 7.46. The Hall–Kier alpha value is -3.30. The van der Waals surface area contributed by atoms with Gasteiger partial charge in [-0.05, 0) is 60.1 Å². The number of halogens is 4. The van der Waals surface area contributed by atoms with Gasteiger partial charge in [-0.15, -0.1) is 0 Å². The fourth-order valence-corrected chi connectivity index (χ4v) is 5.19. The Labute approximate surface area is 225 Å². The van der Waals surface area contributed by atoms with Crippen molar-refractivity contribution in [3.05, 3.63) is 88.6 Å². The molecule has 2 fully saturated rings. The summed E-state index contributed by atoms with van der Waals surface area (Å²) in [5.41, 5.74) is 1.11. The lowest BCUT2D eigenvalue weighted by Gasteiger charge is -2.34. The molecule has 0 saturated carbocycles. The van der Waals surface area contributed by atoms with Gasteiger partial charge in [-0.2, -0.15) is 13.2 Å². The molecule has 2 saturated heterocycles. The number of benzene rings is 2. The van der Waals surface area contributed by atoms with E-state index in [2.05, 4.69) is 21.7 Å². The summed E-state index contributed by atoms with van der Waals surface area (Å²) in [5, 5.41) is 0.509. The zero-order valence-electron chi connectivity index (χ0n) is 21.0. The number of carbonyl (C=O) groups excluding carboxylic acids is 1. The lowest BCUT2D eigenvalue weighted by molar-refractivity contribution is -0.137. The first kappa shape index (κ1) is 26.3. The monoisotopic (exact) mass is 543 g/mol. The minimum atomic E-state index is -4.47. The van der Waals surface area contributed by atoms with E-state index < -0.39 is 17.8 Å². The van der Waals surface area contributed by atoms with Crippen molar-refractivity contribution in [1.82, 2.24) is 14.8 Å². The first-order chi connectivity index (χ1) is 18.2. The van der Waals surface area contributed by atoms with Gasteiger partial charge in [0.1, 0.15) is 5.82 Å². The SMILES string of the molecule is CCN1CCN(c2ccc(CN3CC(c4cccc(C(F)(F)F)c4)N(c4ccc(Cl)cc4)C3=O)cn2)CC1. The number of carbonyl (C=O) groups is 1. The Balaban J connectivity index is 1.37. The Morgan fingerprint density at radius 1 is 1.00 bits per heavy atom. The Kier molecular flexibility index (Phi) is 7.49. The average molecular weight is 544 g/mol. The number of rotatable bonds is 6. The highest BCUT2D eigenvalue weighted by Crippen LogP contribution is 2.38. The van der Waals surface area contributed by atoms with Crippen LogP contribution in [0.3, 0.4) is 0 Å². The van der Waals surface area contributed by atoms with Crippen LogP contribution in [0.2, 0.25) is 5.02 Å². The molecule has 1 unspecified atom stereocenters. The molecule has 38 heavy (non-hydrogen) atoms. The van der Waals surface area contributed by atoms with Crippen LogP contribution in [-0.2, 0) is 12.7 Å². The molecule has 2 amide bonds. The maximum absolute atomic E-state index is 13.6. The number of pyridine rings is 1. The van der Waals surface area contributed by atoms with E-state index in [1.165, 1.54) is 6.07 Å². The summed E-state index contributed by atoms with van der Waals surface area (Å²) in [6, 6.07) is 15.0. The number of aromatic nitrogens is 1. The molecular formula is C28H29ClF3N5O. The molecule has 2 aliphatic heterocycles. The van der Waals surface area contributed by atoms with Crippen LogP contribution in [0.25, 0.3) is 0 Å². The van der Waals surface area contributed by atoms with Crippen LogP contribution in [0, 0.1) is 0 Å². The second-order valence-electron chi connectivity index (χ2n) is 9.59. The quantitative estimate of drug-likeness (QED) is 0.378. The van der Waals surface area contributed by atoms with Gasteiger partial charge in [0.15, 0.2) is 0 Å². The molecule has 0 aliphatic carbocycles. The van der Waals surface area contributed by atoms with Crippen molar-refractivity contribution in [2.75, 3.05) is 49.1 Å². The molecule has 6 nitrogen and oxygen atoms in total. The molecule has 5 rings (SSSR count). The Bertz CT molecular complexity index is 1260. The Morgan fingerprint density at radius 3 is 2.37 bits per heavy atom. The van der Waals surface area contributed by atoms with Gasteiger partial charge in [0.2, 0.25) is 0 Å². The second-order valence-corrected chi connectivity index (χ2v) is 10.0. The number of hydrogen-bond acceptors (Lipinski definition) is 4. The number of nitrogens with zero attached hydrogens (tertiary/aromatic N) is 5. The van der Waals surface area contributed by atoms with E-state index in [1.807, 2.05) is 12.1 Å². The molecule has 0 N–H and O–H groups in total. The number of likely N-dealkylation sites (N-methyl/N-ethyl adjacent to an activating group) is 1. The first-order valence-electron chi connectivity index (χ1n) is 12.7. The average Bonchev–Trinajstić information content (AvgIpc) is 3.25. The number of hydrogen-bond donors (Lipinski definition) is 0. The zero-order chi connectivity index (χ0) is 26.9. The summed E-state index contributed by atoms with van der Waals surface area (Å²) in [5.74, 6) is 0.905. The minimum Gasteiger partial charge on any atom is -0.354 e. The van der Waals surface area contributed by atoms with E-state index in [-0.39, 0.29) is 12.6 Å². The van der Waals surface area contributed by atoms with E-state index in [4.69, 9.17) is 11.6 Å². The topological polar surface area (TPSA) is 42.9 Å². The fraction of sp³-hybridized carbons (Fsp3) is 0.357. The number of anilines is 2. The molecule has 3 heterocycles. The smallest absolute Gasteiger partial charge is 0.354 e. The highest BCUT2D eigenvalue weighted by molar-refractivity contribution is 6.30. The first-order valence-corrected chi connectivity index (χ1v) is 13.0. The van der Waals surface area contributed by atoms with Crippen LogP contribution in [-0.4, -0.2) is 60.1 Å². The molecule has 0 spiro atoms. The summed E-state index contributed by atoms with van der Waals surface area (Å²) in [6.45, 7) is 7.57. The molecule has 2 aliphatic rings. The van der Waals surface area contributed by atoms with Gasteiger partial charge in [-0.1, -0.05) is 36.7 Å². The largest absolute Gasteiger partial charge is 0.416 e. The van der Waals surface area contributed by atoms with Gasteiger partial charge in [-0.3, -0.25) is 4.90 Å². The van der Waals surface area contributed by atoms with Gasteiger partial charge in [0.05, 0.1) is 11.6 Å². The third kappa shape index (κ3) is 5.59. The van der Waals surface area contributed by atoms with E-state index in [9.17, 15) is 18.0 Å². The molecule has 200 valence electrons. The molecule has 0 radical (unpaired) electrons. The summed E-state index contributed by atoms with van der Waals surface area (Å²) in [6.07, 6.45) is -2.70. The van der Waals surface area contributed by atoms with Gasteiger partial charge in [0.25, 0.3) is 0 Å². The van der Waals surface area contributed by atoms with Crippen LogP contribution < -0.4 is 9.80 Å². The van der Waals surface area contributed by atoms with Crippen molar-refractivity contribution in [1.29, 1.82) is 0 Å². The van der Waals surface area contributed by atoms with E-state index in [1.54, 1.807) is 46.3 Å². The van der Waals surface area contributed by atoms with Crippen LogP contribution >= 0.6 is 11.6 Å². The molecule has 0 bridgehead atoms. The van der Waals surface area contributed by atoms with Crippen LogP contribution in [0.15, 0.2) is 66.9 Å². The van der Waals surface area contributed by atoms with Gasteiger partial charge < -0.3 is 14.7 Å².